The highest BCUT2D eigenvalue weighted by atomic mass is 32.1. The zero-order valence-corrected chi connectivity index (χ0v) is 13.2. The van der Waals surface area contributed by atoms with E-state index in [-0.39, 0.29) is 5.91 Å². The van der Waals surface area contributed by atoms with Gasteiger partial charge in [0.1, 0.15) is 5.01 Å². The van der Waals surface area contributed by atoms with E-state index in [4.69, 9.17) is 0 Å². The lowest BCUT2D eigenvalue weighted by Gasteiger charge is -2.15. The molecule has 0 aliphatic carbocycles. The van der Waals surface area contributed by atoms with Gasteiger partial charge in [-0.2, -0.15) is 0 Å². The molecule has 0 N–H and O–H groups in total. The molecule has 22 heavy (non-hydrogen) atoms. The number of pyridine rings is 1. The minimum atomic E-state index is 0.128. The maximum Gasteiger partial charge on any atom is 0.223 e. The second-order valence-corrected chi connectivity index (χ2v) is 6.30. The van der Waals surface area contributed by atoms with Crippen LogP contribution in [0.1, 0.15) is 17.0 Å². The molecule has 3 aromatic rings. The van der Waals surface area contributed by atoms with Gasteiger partial charge in [0.05, 0.1) is 16.8 Å². The fraction of sp³-hybridized carbons (Fsp3) is 0.235. The third-order valence-electron chi connectivity index (χ3n) is 3.49. The molecule has 0 saturated heterocycles. The van der Waals surface area contributed by atoms with Crippen LogP contribution in [0.3, 0.4) is 0 Å². The van der Waals surface area contributed by atoms with Crippen LogP contribution in [0.5, 0.6) is 0 Å². The van der Waals surface area contributed by atoms with Crippen molar-refractivity contribution < 1.29 is 4.79 Å². The third-order valence-corrected chi connectivity index (χ3v) is 4.51. The van der Waals surface area contributed by atoms with Crippen LogP contribution in [0.2, 0.25) is 0 Å². The molecule has 0 saturated carbocycles. The summed E-state index contributed by atoms with van der Waals surface area (Å²) in [5, 5.41) is 0.971. The number of para-hydroxylation sites is 1. The molecule has 4 nitrogen and oxygen atoms in total. The van der Waals surface area contributed by atoms with Gasteiger partial charge in [0.15, 0.2) is 0 Å². The van der Waals surface area contributed by atoms with Crippen LogP contribution in [0, 0.1) is 0 Å². The van der Waals surface area contributed by atoms with Gasteiger partial charge in [-0.3, -0.25) is 9.78 Å². The molecule has 0 fully saturated rings. The Morgan fingerprint density at radius 3 is 2.86 bits per heavy atom. The smallest absolute Gasteiger partial charge is 0.223 e. The molecule has 2 heterocycles. The van der Waals surface area contributed by atoms with Gasteiger partial charge < -0.3 is 4.90 Å². The van der Waals surface area contributed by atoms with Gasteiger partial charge in [-0.05, 0) is 30.2 Å². The topological polar surface area (TPSA) is 46.1 Å². The van der Waals surface area contributed by atoms with Gasteiger partial charge in [-0.1, -0.05) is 18.2 Å². The Labute approximate surface area is 133 Å². The lowest BCUT2D eigenvalue weighted by Crippen LogP contribution is -2.26. The molecule has 0 atom stereocenters. The second kappa shape index (κ2) is 6.66. The van der Waals surface area contributed by atoms with Crippen LogP contribution in [-0.4, -0.2) is 27.8 Å². The first kappa shape index (κ1) is 14.7. The van der Waals surface area contributed by atoms with Crippen LogP contribution in [0.4, 0.5) is 0 Å². The summed E-state index contributed by atoms with van der Waals surface area (Å²) >= 11 is 1.64. The Morgan fingerprint density at radius 1 is 1.23 bits per heavy atom. The predicted molar refractivity (Wildman–Crippen MR) is 88.7 cm³/mol. The maximum absolute atomic E-state index is 12.2. The molecule has 0 radical (unpaired) electrons. The van der Waals surface area contributed by atoms with E-state index in [1.807, 2.05) is 37.4 Å². The van der Waals surface area contributed by atoms with E-state index in [9.17, 15) is 4.79 Å². The van der Waals surface area contributed by atoms with Crippen molar-refractivity contribution in [3.8, 4) is 0 Å². The molecule has 0 aliphatic rings. The van der Waals surface area contributed by atoms with Crippen molar-refractivity contribution in [3.63, 3.8) is 0 Å². The number of nitrogens with zero attached hydrogens (tertiary/aromatic N) is 3. The molecular weight excluding hydrogens is 294 g/mol. The number of hydrogen-bond acceptors (Lipinski definition) is 4. The van der Waals surface area contributed by atoms with E-state index >= 15 is 0 Å². The first-order valence-electron chi connectivity index (χ1n) is 7.20. The number of fused-ring (bicyclic) bond motifs is 1. The highest BCUT2D eigenvalue weighted by Crippen LogP contribution is 2.22. The number of thiazole rings is 1. The van der Waals surface area contributed by atoms with Crippen molar-refractivity contribution in [1.82, 2.24) is 14.9 Å². The number of hydrogen-bond donors (Lipinski definition) is 0. The van der Waals surface area contributed by atoms with E-state index in [1.54, 1.807) is 28.6 Å². The van der Waals surface area contributed by atoms with Crippen LogP contribution in [-0.2, 0) is 17.8 Å². The molecule has 0 spiro atoms. The van der Waals surface area contributed by atoms with Crippen molar-refractivity contribution in [2.45, 2.75) is 19.4 Å². The lowest BCUT2D eigenvalue weighted by molar-refractivity contribution is -0.130. The predicted octanol–water partition coefficient (Wildman–Crippen LogP) is 3.28. The Morgan fingerprint density at radius 2 is 2.09 bits per heavy atom. The van der Waals surface area contributed by atoms with E-state index in [1.165, 1.54) is 0 Å². The molecule has 1 amide bonds. The van der Waals surface area contributed by atoms with Crippen molar-refractivity contribution >= 4 is 27.5 Å². The Hall–Kier alpha value is -2.27. The average Bonchev–Trinajstić information content (AvgIpc) is 2.95. The zero-order valence-electron chi connectivity index (χ0n) is 12.4. The summed E-state index contributed by atoms with van der Waals surface area (Å²) in [6, 6.07) is 11.9. The fourth-order valence-electron chi connectivity index (χ4n) is 2.27. The van der Waals surface area contributed by atoms with E-state index < -0.39 is 0 Å². The van der Waals surface area contributed by atoms with Gasteiger partial charge in [0.2, 0.25) is 5.91 Å². The number of benzene rings is 1. The van der Waals surface area contributed by atoms with Crippen LogP contribution >= 0.6 is 11.3 Å². The Kier molecular flexibility index (Phi) is 4.44. The number of rotatable bonds is 5. The number of aryl methyl sites for hydroxylation is 1. The first-order chi connectivity index (χ1) is 10.7. The van der Waals surface area contributed by atoms with E-state index in [0.717, 1.165) is 27.2 Å². The number of amides is 1. The highest BCUT2D eigenvalue weighted by Gasteiger charge is 2.12. The van der Waals surface area contributed by atoms with Crippen molar-refractivity contribution in [2.24, 2.45) is 0 Å². The normalized spacial score (nSPS) is 10.8. The molecule has 3 rings (SSSR count). The minimum absolute atomic E-state index is 0.128. The lowest BCUT2D eigenvalue weighted by atomic mass is 10.1. The highest BCUT2D eigenvalue weighted by molar-refractivity contribution is 7.18. The van der Waals surface area contributed by atoms with Crippen LogP contribution < -0.4 is 0 Å². The molecule has 5 heteroatoms. The van der Waals surface area contributed by atoms with Gasteiger partial charge in [-0.15, -0.1) is 11.3 Å². The van der Waals surface area contributed by atoms with Gasteiger partial charge in [-0.25, -0.2) is 4.98 Å². The molecule has 0 unspecified atom stereocenters. The summed E-state index contributed by atoms with van der Waals surface area (Å²) in [5.74, 6) is 0.128. The monoisotopic (exact) mass is 311 g/mol. The number of aromatic nitrogens is 2. The molecule has 112 valence electrons. The summed E-state index contributed by atoms with van der Waals surface area (Å²) in [7, 11) is 1.83. The third kappa shape index (κ3) is 3.49. The number of carbonyl (C=O) groups excluding carboxylic acids is 1. The summed E-state index contributed by atoms with van der Waals surface area (Å²) in [6.45, 7) is 0.561. The Bertz CT molecular complexity index is 737. The number of carbonyl (C=O) groups is 1. The SMILES string of the molecule is CN(Cc1nc2ccccc2s1)C(=O)CCc1cccnc1. The zero-order chi connectivity index (χ0) is 15.4. The van der Waals surface area contributed by atoms with Gasteiger partial charge in [0.25, 0.3) is 0 Å². The molecule has 2 aromatic heterocycles. The van der Waals surface area contributed by atoms with E-state index in [2.05, 4.69) is 16.0 Å². The summed E-state index contributed by atoms with van der Waals surface area (Å²) in [4.78, 5) is 22.6. The summed E-state index contributed by atoms with van der Waals surface area (Å²) in [5.41, 5.74) is 2.09. The van der Waals surface area contributed by atoms with Crippen molar-refractivity contribution in [2.75, 3.05) is 7.05 Å². The fourth-order valence-corrected chi connectivity index (χ4v) is 3.29. The average molecular weight is 311 g/mol. The van der Waals surface area contributed by atoms with Crippen molar-refractivity contribution in [1.29, 1.82) is 0 Å². The van der Waals surface area contributed by atoms with Crippen molar-refractivity contribution in [3.05, 3.63) is 59.4 Å². The first-order valence-corrected chi connectivity index (χ1v) is 8.01. The van der Waals surface area contributed by atoms with E-state index in [0.29, 0.717) is 13.0 Å². The second-order valence-electron chi connectivity index (χ2n) is 5.19. The molecular formula is C17H17N3OS. The Balaban J connectivity index is 1.58. The quantitative estimate of drug-likeness (QED) is 0.726. The standard InChI is InChI=1S/C17H17N3OS/c1-20(17(21)9-8-13-5-4-10-18-11-13)12-16-19-14-6-2-3-7-15(14)22-16/h2-7,10-11H,8-9,12H2,1H3. The molecule has 0 aliphatic heterocycles. The molecule has 1 aromatic carbocycles. The summed E-state index contributed by atoms with van der Waals surface area (Å²) < 4.78 is 1.16. The van der Waals surface area contributed by atoms with Gasteiger partial charge >= 0.3 is 0 Å². The van der Waals surface area contributed by atoms with Gasteiger partial charge in [0, 0.05) is 25.9 Å². The van der Waals surface area contributed by atoms with Crippen LogP contribution in [0.25, 0.3) is 10.2 Å². The largest absolute Gasteiger partial charge is 0.339 e. The molecule has 0 bridgehead atoms. The summed E-state index contributed by atoms with van der Waals surface area (Å²) in [6.07, 6.45) is 4.76. The van der Waals surface area contributed by atoms with Crippen LogP contribution in [0.15, 0.2) is 48.8 Å². The minimum Gasteiger partial charge on any atom is -0.339 e. The maximum atomic E-state index is 12.2.